The minimum atomic E-state index is 0. The Hall–Kier alpha value is -2.43. The van der Waals surface area contributed by atoms with Gasteiger partial charge in [-0.15, -0.1) is 0 Å². The fourth-order valence-electron chi connectivity index (χ4n) is 4.43. The van der Waals surface area contributed by atoms with Crippen LogP contribution in [0.1, 0.15) is 66.8 Å². The summed E-state index contributed by atoms with van der Waals surface area (Å²) in [5.41, 5.74) is 15.1. The standard InChI is InChI=1S/4C9H11.Mo/c4*1-7-4-8(2)6-9(3)5-7;/h4*4-5H,1-3H3;/q4*-1;+4. The molecule has 0 bridgehead atoms. The normalized spacial score (nSPS) is 9.41. The summed E-state index contributed by atoms with van der Waals surface area (Å²) >= 11 is 0. The van der Waals surface area contributed by atoms with Gasteiger partial charge in [0.1, 0.15) is 0 Å². The first-order chi connectivity index (χ1) is 16.7. The van der Waals surface area contributed by atoms with Gasteiger partial charge in [0.25, 0.3) is 0 Å². The molecular weight excluding hydrogens is 528 g/mol. The largest absolute Gasteiger partial charge is 4.00 e. The third-order valence-electron chi connectivity index (χ3n) is 5.13. The number of aryl methyl sites for hydroxylation is 12. The van der Waals surface area contributed by atoms with E-state index in [9.17, 15) is 0 Å². The van der Waals surface area contributed by atoms with E-state index in [-0.39, 0.29) is 21.1 Å². The molecule has 194 valence electrons. The predicted octanol–water partition coefficient (Wildman–Crippen LogP) is 9.65. The van der Waals surface area contributed by atoms with Crippen molar-refractivity contribution in [1.29, 1.82) is 0 Å². The molecule has 0 fully saturated rings. The molecule has 0 aliphatic heterocycles. The Balaban J connectivity index is 0.000000463. The Labute approximate surface area is 242 Å². The summed E-state index contributed by atoms with van der Waals surface area (Å²) in [6, 6.07) is 29.9. The average molecular weight is 573 g/mol. The van der Waals surface area contributed by atoms with E-state index in [2.05, 4.69) is 156 Å². The van der Waals surface area contributed by atoms with Gasteiger partial charge in [-0.05, 0) is 0 Å². The molecule has 0 amide bonds. The van der Waals surface area contributed by atoms with Gasteiger partial charge in [-0.2, -0.15) is 140 Å². The Kier molecular flexibility index (Phi) is 16.0. The SMILES string of the molecule is Cc1[c-]c(C)cc(C)c1.Cc1[c-]c(C)cc(C)c1.Cc1[c-]c(C)cc(C)c1.Cc1[c-]c(C)cc(C)c1.[Mo+4]. The van der Waals surface area contributed by atoms with Crippen molar-refractivity contribution in [1.82, 2.24) is 0 Å². The fourth-order valence-corrected chi connectivity index (χ4v) is 4.43. The van der Waals surface area contributed by atoms with Crippen molar-refractivity contribution < 1.29 is 21.1 Å². The van der Waals surface area contributed by atoms with E-state index >= 15 is 0 Å². The van der Waals surface area contributed by atoms with Crippen molar-refractivity contribution in [2.75, 3.05) is 0 Å². The van der Waals surface area contributed by atoms with E-state index in [1.54, 1.807) is 0 Å². The van der Waals surface area contributed by atoms with Crippen LogP contribution in [0.5, 0.6) is 0 Å². The van der Waals surface area contributed by atoms with E-state index in [0.717, 1.165) is 0 Å². The fraction of sp³-hybridized carbons (Fsp3) is 0.333. The number of hydrogen-bond acceptors (Lipinski definition) is 0. The van der Waals surface area contributed by atoms with Crippen LogP contribution >= 0.6 is 0 Å². The second-order valence-electron chi connectivity index (χ2n) is 10.1. The van der Waals surface area contributed by atoms with Crippen LogP contribution in [0, 0.1) is 107 Å². The van der Waals surface area contributed by atoms with E-state index in [1.165, 1.54) is 66.8 Å². The number of rotatable bonds is 0. The van der Waals surface area contributed by atoms with Crippen LogP contribution in [0.2, 0.25) is 0 Å². The third-order valence-corrected chi connectivity index (χ3v) is 5.13. The Bertz CT molecular complexity index is 848. The van der Waals surface area contributed by atoms with Crippen LogP contribution in [-0.4, -0.2) is 0 Å². The van der Waals surface area contributed by atoms with Gasteiger partial charge in [0.15, 0.2) is 0 Å². The molecule has 0 saturated heterocycles. The summed E-state index contributed by atoms with van der Waals surface area (Å²) < 4.78 is 0. The zero-order valence-corrected chi connectivity index (χ0v) is 27.0. The van der Waals surface area contributed by atoms with Gasteiger partial charge in [0.2, 0.25) is 0 Å². The molecule has 1 heteroatoms. The first kappa shape index (κ1) is 34.6. The molecule has 0 heterocycles. The van der Waals surface area contributed by atoms with Crippen LogP contribution < -0.4 is 0 Å². The third kappa shape index (κ3) is 16.1. The average Bonchev–Trinajstić information content (AvgIpc) is 2.64. The van der Waals surface area contributed by atoms with Gasteiger partial charge >= 0.3 is 21.1 Å². The summed E-state index contributed by atoms with van der Waals surface area (Å²) in [7, 11) is 0. The zero-order valence-electron chi connectivity index (χ0n) is 25.0. The number of benzene rings is 4. The smallest absolute Gasteiger partial charge is 0.177 e. The second kappa shape index (κ2) is 17.1. The first-order valence-electron chi connectivity index (χ1n) is 12.6. The van der Waals surface area contributed by atoms with Crippen molar-refractivity contribution in [2.45, 2.75) is 83.1 Å². The molecule has 0 nitrogen and oxygen atoms in total. The van der Waals surface area contributed by atoms with Crippen LogP contribution in [0.15, 0.2) is 48.5 Å². The second-order valence-corrected chi connectivity index (χ2v) is 10.1. The monoisotopic (exact) mass is 574 g/mol. The quantitative estimate of drug-likeness (QED) is 0.145. The van der Waals surface area contributed by atoms with Crippen LogP contribution in [0.4, 0.5) is 0 Å². The summed E-state index contributed by atoms with van der Waals surface area (Å²) in [5, 5.41) is 0. The minimum absolute atomic E-state index is 0. The zero-order chi connectivity index (χ0) is 27.4. The van der Waals surface area contributed by atoms with Gasteiger partial charge in [0, 0.05) is 0 Å². The molecule has 37 heavy (non-hydrogen) atoms. The van der Waals surface area contributed by atoms with Crippen molar-refractivity contribution in [3.8, 4) is 0 Å². The molecule has 4 rings (SSSR count). The van der Waals surface area contributed by atoms with Crippen molar-refractivity contribution in [3.63, 3.8) is 0 Å². The topological polar surface area (TPSA) is 0 Å². The first-order valence-corrected chi connectivity index (χ1v) is 12.6. The Morgan fingerprint density at radius 2 is 0.378 bits per heavy atom. The molecule has 0 saturated carbocycles. The van der Waals surface area contributed by atoms with Crippen LogP contribution in [-0.2, 0) is 21.1 Å². The molecular formula is C36H44Mo. The van der Waals surface area contributed by atoms with Gasteiger partial charge < -0.3 is 0 Å². The van der Waals surface area contributed by atoms with Crippen molar-refractivity contribution in [2.24, 2.45) is 0 Å². The van der Waals surface area contributed by atoms with Crippen molar-refractivity contribution >= 4 is 0 Å². The van der Waals surface area contributed by atoms with Gasteiger partial charge in [-0.25, -0.2) is 0 Å². The molecule has 4 aromatic carbocycles. The van der Waals surface area contributed by atoms with Crippen molar-refractivity contribution in [3.05, 3.63) is 140 Å². The predicted molar refractivity (Wildman–Crippen MR) is 158 cm³/mol. The molecule has 0 aromatic heterocycles. The summed E-state index contributed by atoms with van der Waals surface area (Å²) in [6.07, 6.45) is 0. The maximum atomic E-state index is 3.21. The Morgan fingerprint density at radius 3 is 0.459 bits per heavy atom. The van der Waals surface area contributed by atoms with Gasteiger partial charge in [0.05, 0.1) is 0 Å². The molecule has 4 aromatic rings. The van der Waals surface area contributed by atoms with E-state index < -0.39 is 0 Å². The molecule has 0 unspecified atom stereocenters. The molecule has 0 spiro atoms. The minimum Gasteiger partial charge on any atom is -0.177 e. The molecule has 0 N–H and O–H groups in total. The van der Waals surface area contributed by atoms with E-state index in [1.807, 2.05) is 0 Å². The molecule has 0 aliphatic rings. The van der Waals surface area contributed by atoms with E-state index in [0.29, 0.717) is 0 Å². The molecule has 0 aliphatic carbocycles. The van der Waals surface area contributed by atoms with Crippen LogP contribution in [0.25, 0.3) is 0 Å². The summed E-state index contributed by atoms with van der Waals surface area (Å²) in [4.78, 5) is 0. The maximum Gasteiger partial charge on any atom is 4.00 e. The number of hydrogen-bond donors (Lipinski definition) is 0. The van der Waals surface area contributed by atoms with E-state index in [4.69, 9.17) is 0 Å². The maximum absolute atomic E-state index is 3.21. The molecule has 0 radical (unpaired) electrons. The molecule has 0 atom stereocenters. The summed E-state index contributed by atoms with van der Waals surface area (Å²) in [6.45, 7) is 25.0. The Morgan fingerprint density at radius 1 is 0.270 bits per heavy atom. The van der Waals surface area contributed by atoms with Gasteiger partial charge in [-0.3, -0.25) is 0 Å². The van der Waals surface area contributed by atoms with Crippen LogP contribution in [0.3, 0.4) is 0 Å². The van der Waals surface area contributed by atoms with Gasteiger partial charge in [-0.1, -0.05) is 83.1 Å². The summed E-state index contributed by atoms with van der Waals surface area (Å²) in [5.74, 6) is 0.